The minimum atomic E-state index is -0.0643. The van der Waals surface area contributed by atoms with E-state index in [0.717, 1.165) is 79.6 Å². The van der Waals surface area contributed by atoms with Crippen molar-refractivity contribution in [1.29, 1.82) is 0 Å². The van der Waals surface area contributed by atoms with Gasteiger partial charge in [-0.3, -0.25) is 14.4 Å². The van der Waals surface area contributed by atoms with E-state index in [9.17, 15) is 14.4 Å². The fourth-order valence-electron chi connectivity index (χ4n) is 7.69. The van der Waals surface area contributed by atoms with Crippen LogP contribution in [-0.2, 0) is 31.2 Å². The number of rotatable bonds is 6. The minimum Gasteiger partial charge on any atom is -0.378 e. The summed E-state index contributed by atoms with van der Waals surface area (Å²) in [6.07, 6.45) is 9.90. The van der Waals surface area contributed by atoms with E-state index in [0.29, 0.717) is 12.2 Å². The number of aryl methyl sites for hydroxylation is 1. The van der Waals surface area contributed by atoms with Crippen molar-refractivity contribution < 1.29 is 9.59 Å². The Kier molecular flexibility index (Phi) is 7.80. The summed E-state index contributed by atoms with van der Waals surface area (Å²) in [6, 6.07) is 10.5. The van der Waals surface area contributed by atoms with Gasteiger partial charge in [-0.05, 0) is 98.2 Å². The highest BCUT2D eigenvalue weighted by Gasteiger charge is 2.37. The van der Waals surface area contributed by atoms with Crippen molar-refractivity contribution in [3.05, 3.63) is 82.1 Å². The quantitative estimate of drug-likeness (QED) is 0.293. The second-order valence-electron chi connectivity index (χ2n) is 13.8. The van der Waals surface area contributed by atoms with Gasteiger partial charge < -0.3 is 24.3 Å². The first-order valence-electron chi connectivity index (χ1n) is 16.0. The second-order valence-corrected chi connectivity index (χ2v) is 13.8. The van der Waals surface area contributed by atoms with Crippen molar-refractivity contribution >= 4 is 23.2 Å². The predicted octanol–water partition coefficient (Wildman–Crippen LogP) is 5.71. The highest BCUT2D eigenvalue weighted by Crippen LogP contribution is 2.40. The van der Waals surface area contributed by atoms with Crippen LogP contribution < -0.4 is 15.8 Å². The molecule has 0 spiro atoms. The maximum absolute atomic E-state index is 13.8. The maximum atomic E-state index is 13.8. The van der Waals surface area contributed by atoms with Crippen LogP contribution in [0.25, 0.3) is 11.1 Å². The van der Waals surface area contributed by atoms with Crippen molar-refractivity contribution in [2.75, 3.05) is 23.8 Å². The molecule has 3 aliphatic rings. The van der Waals surface area contributed by atoms with Gasteiger partial charge in [0.05, 0.1) is 0 Å². The van der Waals surface area contributed by atoms with E-state index < -0.39 is 0 Å². The molecule has 8 nitrogen and oxygen atoms in total. The third-order valence-electron chi connectivity index (χ3n) is 10.1. The summed E-state index contributed by atoms with van der Waals surface area (Å²) in [6.45, 7) is 11.7. The topological polar surface area (TPSA) is 79.6 Å². The van der Waals surface area contributed by atoms with Crippen molar-refractivity contribution in [3.63, 3.8) is 0 Å². The summed E-state index contributed by atoms with van der Waals surface area (Å²) >= 11 is 0. The first-order valence-corrected chi connectivity index (χ1v) is 16.0. The Bertz CT molecular complexity index is 1700. The fourth-order valence-corrected chi connectivity index (χ4v) is 7.69. The molecule has 1 aliphatic heterocycles. The Morgan fingerprint density at radius 2 is 1.89 bits per heavy atom. The van der Waals surface area contributed by atoms with Gasteiger partial charge in [-0.25, -0.2) is 0 Å². The molecule has 1 N–H and O–H groups in total. The molecule has 1 saturated carbocycles. The number of pyridine rings is 1. The van der Waals surface area contributed by atoms with Crippen molar-refractivity contribution in [3.8, 4) is 11.1 Å². The number of fused-ring (bicyclic) bond motifs is 3. The summed E-state index contributed by atoms with van der Waals surface area (Å²) < 4.78 is 3.89. The van der Waals surface area contributed by atoms with E-state index in [4.69, 9.17) is 0 Å². The van der Waals surface area contributed by atoms with E-state index >= 15 is 0 Å². The number of amides is 2. The lowest BCUT2D eigenvalue weighted by molar-refractivity contribution is -0.127. The largest absolute Gasteiger partial charge is 0.378 e. The van der Waals surface area contributed by atoms with Crippen LogP contribution in [0.15, 0.2) is 54.0 Å². The van der Waals surface area contributed by atoms with Gasteiger partial charge in [0, 0.05) is 62.4 Å². The zero-order valence-electron chi connectivity index (χ0n) is 26.8. The van der Waals surface area contributed by atoms with Gasteiger partial charge in [-0.15, -0.1) is 0 Å². The molecule has 0 saturated heterocycles. The molecule has 1 aromatic carbocycles. The monoisotopic (exact) mass is 595 g/mol. The van der Waals surface area contributed by atoms with Crippen LogP contribution in [0, 0.1) is 12.3 Å². The number of carbonyl (C=O) groups excluding carboxylic acids is 2. The summed E-state index contributed by atoms with van der Waals surface area (Å²) in [7, 11) is 3.64. The zero-order valence-corrected chi connectivity index (χ0v) is 26.8. The smallest absolute Gasteiger partial charge is 0.274 e. The lowest BCUT2D eigenvalue weighted by atomic mass is 9.90. The highest BCUT2D eigenvalue weighted by molar-refractivity contribution is 6.07. The molecule has 6 rings (SSSR count). The number of aromatic nitrogens is 2. The molecule has 2 amide bonds. The number of hydrogen-bond donors (Lipinski definition) is 1. The average molecular weight is 596 g/mol. The lowest BCUT2D eigenvalue weighted by Gasteiger charge is -2.31. The Balaban J connectivity index is 1.24. The van der Waals surface area contributed by atoms with E-state index in [1.54, 1.807) is 16.5 Å². The van der Waals surface area contributed by atoms with Crippen LogP contribution in [0.3, 0.4) is 0 Å². The third kappa shape index (κ3) is 5.39. The second kappa shape index (κ2) is 11.5. The van der Waals surface area contributed by atoms with E-state index in [-0.39, 0.29) is 34.9 Å². The predicted molar refractivity (Wildman–Crippen MR) is 176 cm³/mol. The average Bonchev–Trinajstić information content (AvgIpc) is 3.36. The van der Waals surface area contributed by atoms with Gasteiger partial charge in [-0.1, -0.05) is 32.6 Å². The fraction of sp³-hybridized carbons (Fsp3) is 0.472. The molecule has 1 fully saturated rings. The third-order valence-corrected chi connectivity index (χ3v) is 10.1. The molecule has 2 atom stereocenters. The lowest BCUT2D eigenvalue weighted by Crippen LogP contribution is -2.41. The summed E-state index contributed by atoms with van der Waals surface area (Å²) in [4.78, 5) is 42.9. The maximum Gasteiger partial charge on any atom is 0.274 e. The molecule has 0 radical (unpaired) electrons. The SMILES string of the molecule is C=CC(=O)N(C)C1CCCC(Nc2cc(-c3cccc(N4CCn5c(cc6c5CC(C)(C)C6)C4=O)c3C)cn(C)c2=O)CC1. The molecular weight excluding hydrogens is 550 g/mol. The first kappa shape index (κ1) is 30.0. The Morgan fingerprint density at radius 1 is 1.09 bits per heavy atom. The standard InChI is InChI=1S/C36H45N5O3/c1-7-33(42)39(6)27-11-8-10-26(14-15-27)37-29-18-25(22-38(5)34(29)43)28-12-9-13-30(23(28)2)41-17-16-40-31(35(41)44)19-24-20-36(3,4)21-32(24)40/h7,9,12-13,18-19,22,26-27,37H,1,8,10-11,14-17,20-21H2,2-6H3. The van der Waals surface area contributed by atoms with Crippen LogP contribution in [0.2, 0.25) is 0 Å². The Morgan fingerprint density at radius 3 is 2.66 bits per heavy atom. The van der Waals surface area contributed by atoms with Gasteiger partial charge in [0.2, 0.25) is 5.91 Å². The van der Waals surface area contributed by atoms with Gasteiger partial charge in [0.15, 0.2) is 0 Å². The van der Waals surface area contributed by atoms with Crippen LogP contribution in [-0.4, -0.2) is 51.5 Å². The van der Waals surface area contributed by atoms with Crippen LogP contribution in [0.5, 0.6) is 0 Å². The van der Waals surface area contributed by atoms with Gasteiger partial charge in [0.25, 0.3) is 11.5 Å². The molecule has 3 aromatic rings. The number of nitrogens with one attached hydrogen (secondary N) is 1. The summed E-state index contributed by atoms with van der Waals surface area (Å²) in [5, 5.41) is 3.56. The van der Waals surface area contributed by atoms with Crippen LogP contribution in [0.1, 0.15) is 73.3 Å². The van der Waals surface area contributed by atoms with Crippen molar-refractivity contribution in [1.82, 2.24) is 14.0 Å². The number of likely N-dealkylation sites (N-methyl/N-ethyl adjacent to an activating group) is 1. The Hall–Kier alpha value is -4.07. The van der Waals surface area contributed by atoms with E-state index in [1.807, 2.05) is 36.3 Å². The molecule has 2 aromatic heterocycles. The molecule has 2 aliphatic carbocycles. The Labute approximate surface area is 260 Å². The molecule has 3 heterocycles. The van der Waals surface area contributed by atoms with Gasteiger partial charge in [0.1, 0.15) is 11.4 Å². The molecule has 44 heavy (non-hydrogen) atoms. The molecular formula is C36H45N5O3. The zero-order chi connectivity index (χ0) is 31.3. The van der Waals surface area contributed by atoms with Crippen LogP contribution >= 0.6 is 0 Å². The van der Waals surface area contributed by atoms with Crippen molar-refractivity contribution in [2.45, 2.75) is 84.3 Å². The highest BCUT2D eigenvalue weighted by atomic mass is 16.2. The van der Waals surface area contributed by atoms with Gasteiger partial charge >= 0.3 is 0 Å². The normalized spacial score (nSPS) is 20.9. The van der Waals surface area contributed by atoms with Gasteiger partial charge in [-0.2, -0.15) is 0 Å². The first-order chi connectivity index (χ1) is 21.0. The van der Waals surface area contributed by atoms with Crippen molar-refractivity contribution in [2.24, 2.45) is 12.5 Å². The number of anilines is 2. The number of hydrogen-bond acceptors (Lipinski definition) is 4. The summed E-state index contributed by atoms with van der Waals surface area (Å²) in [5.41, 5.74) is 8.08. The van der Waals surface area contributed by atoms with E-state index in [1.165, 1.54) is 17.3 Å². The van der Waals surface area contributed by atoms with Crippen LogP contribution in [0.4, 0.5) is 11.4 Å². The number of nitrogens with zero attached hydrogens (tertiary/aromatic N) is 4. The number of carbonyl (C=O) groups is 2. The molecule has 232 valence electrons. The molecule has 8 heteroatoms. The summed E-state index contributed by atoms with van der Waals surface area (Å²) in [5.74, 6) is 0.00660. The minimum absolute atomic E-state index is 0.0477. The number of benzene rings is 1. The van der Waals surface area contributed by atoms with E-state index in [2.05, 4.69) is 49.4 Å². The molecule has 0 bridgehead atoms. The molecule has 2 unspecified atom stereocenters.